The minimum Gasteiger partial charge on any atom is -0.216 e. The van der Waals surface area contributed by atoms with E-state index in [-0.39, 0.29) is 6.92 Å². The molecule has 1 atom stereocenters. The lowest BCUT2D eigenvalue weighted by molar-refractivity contribution is -0.362. The maximum absolute atomic E-state index is 12.5. The molecule has 0 aliphatic rings. The van der Waals surface area contributed by atoms with Crippen LogP contribution in [-0.4, -0.2) is 17.2 Å². The van der Waals surface area contributed by atoms with E-state index in [9.17, 15) is 26.4 Å². The van der Waals surface area contributed by atoms with Gasteiger partial charge in [0.1, 0.15) is 5.83 Å². The van der Waals surface area contributed by atoms with Crippen LogP contribution in [0.25, 0.3) is 0 Å². The molecule has 0 spiro atoms. The summed E-state index contributed by atoms with van der Waals surface area (Å²) in [5.74, 6) is -5.93. The summed E-state index contributed by atoms with van der Waals surface area (Å²) >= 11 is 0. The highest BCUT2D eigenvalue weighted by atomic mass is 19.4. The fourth-order valence-electron chi connectivity index (χ4n) is 0.345. The molecule has 1 unspecified atom stereocenters. The van der Waals surface area contributed by atoms with Gasteiger partial charge in [-0.3, -0.25) is 0 Å². The number of alkyl halides is 4. The molecule has 0 N–H and O–H groups in total. The van der Waals surface area contributed by atoms with Gasteiger partial charge in [-0.05, 0) is 12.0 Å². The van der Waals surface area contributed by atoms with Gasteiger partial charge < -0.3 is 0 Å². The fraction of sp³-hybridized carbons (Fsp3) is 0.600. The Labute approximate surface area is 64.2 Å². The Kier molecular flexibility index (Phi) is 2.79. The second-order valence-corrected chi connectivity index (χ2v) is 2.11. The average Bonchev–Trinajstić information content (AvgIpc) is 1.83. The normalized spacial score (nSPS) is 17.7. The quantitative estimate of drug-likeness (QED) is 0.370. The molecule has 12 heavy (non-hydrogen) atoms. The number of nitrogens with zero attached hydrogens (tertiary/aromatic N) is 1. The van der Waals surface area contributed by atoms with Crippen molar-refractivity contribution in [2.75, 3.05) is 0 Å². The molecular formula is C5H5F6N. The monoisotopic (exact) mass is 193 g/mol. The van der Waals surface area contributed by atoms with Crippen molar-refractivity contribution in [1.29, 1.82) is 0 Å². The van der Waals surface area contributed by atoms with Gasteiger partial charge >= 0.3 is 6.30 Å². The van der Waals surface area contributed by atoms with Crippen LogP contribution in [0, 0.1) is 0 Å². The van der Waals surface area contributed by atoms with Gasteiger partial charge in [0.2, 0.25) is 5.79 Å². The molecule has 0 aromatic rings. The van der Waals surface area contributed by atoms with Crippen molar-refractivity contribution in [2.24, 2.45) is 0 Å². The zero-order valence-corrected chi connectivity index (χ0v) is 5.92. The maximum atomic E-state index is 12.5. The summed E-state index contributed by atoms with van der Waals surface area (Å²) < 4.78 is 70.6. The Bertz CT molecular complexity index is 183. The Morgan fingerprint density at radius 2 is 1.58 bits per heavy atom. The van der Waals surface area contributed by atoms with Gasteiger partial charge in [-0.2, -0.15) is 13.2 Å². The number of hydrogen-bond donors (Lipinski definition) is 0. The number of halogens is 6. The van der Waals surface area contributed by atoms with Gasteiger partial charge in [0.15, 0.2) is 0 Å². The molecular weight excluding hydrogens is 188 g/mol. The highest BCUT2D eigenvalue weighted by Crippen LogP contribution is 2.35. The second kappa shape index (κ2) is 2.96. The van der Waals surface area contributed by atoms with Crippen molar-refractivity contribution in [1.82, 2.24) is 5.12 Å². The van der Waals surface area contributed by atoms with Crippen LogP contribution in [0.15, 0.2) is 12.4 Å². The van der Waals surface area contributed by atoms with Gasteiger partial charge in [-0.15, -0.1) is 4.48 Å². The second-order valence-electron chi connectivity index (χ2n) is 2.11. The zero-order chi connectivity index (χ0) is 10.2. The summed E-state index contributed by atoms with van der Waals surface area (Å²) in [7, 11) is 0. The third-order valence-electron chi connectivity index (χ3n) is 1.09. The number of rotatable bonds is 2. The van der Waals surface area contributed by atoms with E-state index >= 15 is 0 Å². The molecule has 0 aromatic heterocycles. The van der Waals surface area contributed by atoms with E-state index in [4.69, 9.17) is 0 Å². The zero-order valence-electron chi connectivity index (χ0n) is 5.92. The SMILES string of the molecule is C=C(F)C(C)(F)N(F)C(F)(F)F. The van der Waals surface area contributed by atoms with E-state index in [0.29, 0.717) is 0 Å². The van der Waals surface area contributed by atoms with Crippen LogP contribution < -0.4 is 0 Å². The van der Waals surface area contributed by atoms with Crippen molar-refractivity contribution in [3.8, 4) is 0 Å². The van der Waals surface area contributed by atoms with Gasteiger partial charge in [-0.25, -0.2) is 8.78 Å². The first kappa shape index (κ1) is 11.3. The van der Waals surface area contributed by atoms with E-state index in [1.807, 2.05) is 0 Å². The molecule has 0 saturated carbocycles. The topological polar surface area (TPSA) is 3.24 Å². The van der Waals surface area contributed by atoms with Crippen LogP contribution in [0.4, 0.5) is 26.4 Å². The summed E-state index contributed by atoms with van der Waals surface area (Å²) in [4.78, 5) is 0. The van der Waals surface area contributed by atoms with Gasteiger partial charge in [-0.1, -0.05) is 6.58 Å². The minimum atomic E-state index is -5.58. The lowest BCUT2D eigenvalue weighted by Crippen LogP contribution is -2.46. The predicted molar refractivity (Wildman–Crippen MR) is 28.8 cm³/mol. The summed E-state index contributed by atoms with van der Waals surface area (Å²) in [6, 6.07) is 0. The lowest BCUT2D eigenvalue weighted by atomic mass is 10.3. The Balaban J connectivity index is 4.69. The standard InChI is InChI=1S/C5H5F6N/c1-3(6)4(2,7)12(11)5(8,9)10/h1H2,2H3. The van der Waals surface area contributed by atoms with Gasteiger partial charge in [0.05, 0.1) is 0 Å². The molecule has 0 aliphatic heterocycles. The van der Waals surface area contributed by atoms with Crippen LogP contribution in [0.2, 0.25) is 0 Å². The Hall–Kier alpha value is -0.720. The van der Waals surface area contributed by atoms with Crippen LogP contribution in [0.3, 0.4) is 0 Å². The van der Waals surface area contributed by atoms with Crippen molar-refractivity contribution in [3.05, 3.63) is 12.4 Å². The van der Waals surface area contributed by atoms with Crippen LogP contribution in [0.5, 0.6) is 0 Å². The Morgan fingerprint density at radius 1 is 1.25 bits per heavy atom. The van der Waals surface area contributed by atoms with E-state index in [1.165, 1.54) is 0 Å². The smallest absolute Gasteiger partial charge is 0.216 e. The van der Waals surface area contributed by atoms with Crippen LogP contribution in [-0.2, 0) is 0 Å². The summed E-state index contributed by atoms with van der Waals surface area (Å²) in [5.41, 5.74) is 0. The highest BCUT2D eigenvalue weighted by Gasteiger charge is 2.52. The van der Waals surface area contributed by atoms with E-state index in [0.717, 1.165) is 0 Å². The third-order valence-corrected chi connectivity index (χ3v) is 1.09. The third kappa shape index (κ3) is 2.13. The minimum absolute atomic E-state index is 0.0722. The van der Waals surface area contributed by atoms with Gasteiger partial charge in [0.25, 0.3) is 0 Å². The van der Waals surface area contributed by atoms with Crippen LogP contribution in [0.1, 0.15) is 6.92 Å². The summed E-state index contributed by atoms with van der Waals surface area (Å²) in [5, 5.41) is -2.19. The van der Waals surface area contributed by atoms with Crippen molar-refractivity contribution < 1.29 is 26.4 Å². The molecule has 0 heterocycles. The predicted octanol–water partition coefficient (Wildman–Crippen LogP) is 2.86. The fourth-order valence-corrected chi connectivity index (χ4v) is 0.345. The summed E-state index contributed by atoms with van der Waals surface area (Å²) in [6.07, 6.45) is -5.58. The highest BCUT2D eigenvalue weighted by molar-refractivity contribution is 4.99. The average molecular weight is 193 g/mol. The van der Waals surface area contributed by atoms with Crippen molar-refractivity contribution in [3.63, 3.8) is 0 Å². The van der Waals surface area contributed by atoms with Gasteiger partial charge in [0, 0.05) is 0 Å². The molecule has 0 aliphatic carbocycles. The van der Waals surface area contributed by atoms with E-state index in [1.54, 1.807) is 0 Å². The largest absolute Gasteiger partial charge is 0.490 e. The molecule has 72 valence electrons. The number of hydrogen-bond acceptors (Lipinski definition) is 1. The molecule has 0 fully saturated rings. The molecule has 0 saturated heterocycles. The van der Waals surface area contributed by atoms with Crippen LogP contribution >= 0.6 is 0 Å². The molecule has 1 nitrogen and oxygen atoms in total. The Morgan fingerprint density at radius 3 is 1.67 bits per heavy atom. The first-order valence-corrected chi connectivity index (χ1v) is 2.66. The molecule has 7 heteroatoms. The first-order chi connectivity index (χ1) is 5.10. The molecule has 0 bridgehead atoms. The molecule has 0 rings (SSSR count). The first-order valence-electron chi connectivity index (χ1n) is 2.66. The van der Waals surface area contributed by atoms with E-state index in [2.05, 4.69) is 6.58 Å². The van der Waals surface area contributed by atoms with E-state index < -0.39 is 23.0 Å². The lowest BCUT2D eigenvalue weighted by Gasteiger charge is -2.26. The molecule has 0 radical (unpaired) electrons. The maximum Gasteiger partial charge on any atom is 0.490 e. The van der Waals surface area contributed by atoms with Crippen molar-refractivity contribution in [2.45, 2.75) is 19.0 Å². The van der Waals surface area contributed by atoms with Crippen molar-refractivity contribution >= 4 is 0 Å². The molecule has 0 aromatic carbocycles. The summed E-state index contributed by atoms with van der Waals surface area (Å²) in [6.45, 7) is 2.31. The molecule has 0 amide bonds.